The number of amides is 3. The molecule has 1 saturated carbocycles. The largest absolute Gasteiger partial charge is 0.514 e. The molecule has 0 aromatic heterocycles. The van der Waals surface area contributed by atoms with Crippen molar-refractivity contribution in [2.75, 3.05) is 26.1 Å². The van der Waals surface area contributed by atoms with E-state index >= 15 is 0 Å². The van der Waals surface area contributed by atoms with Gasteiger partial charge in [0.1, 0.15) is 28.9 Å². The van der Waals surface area contributed by atoms with Gasteiger partial charge in [0, 0.05) is 29.3 Å². The highest BCUT2D eigenvalue weighted by Gasteiger charge is 2.22. The van der Waals surface area contributed by atoms with Crippen LogP contribution in [0.2, 0.25) is 0 Å². The van der Waals surface area contributed by atoms with Gasteiger partial charge in [0.05, 0.1) is 20.8 Å². The topological polar surface area (TPSA) is 151 Å². The molecular formula is C40H49N3O9. The fourth-order valence-electron chi connectivity index (χ4n) is 5.61. The van der Waals surface area contributed by atoms with Gasteiger partial charge in [-0.05, 0) is 106 Å². The fraction of sp³-hybridized carbons (Fsp3) is 0.400. The third-order valence-corrected chi connectivity index (χ3v) is 8.31. The van der Waals surface area contributed by atoms with Crippen molar-refractivity contribution in [3.8, 4) is 17.2 Å². The molecule has 0 heterocycles. The van der Waals surface area contributed by atoms with Crippen LogP contribution in [0.25, 0.3) is 6.08 Å². The van der Waals surface area contributed by atoms with E-state index < -0.39 is 29.6 Å². The minimum absolute atomic E-state index is 0.111. The molecule has 52 heavy (non-hydrogen) atoms. The maximum atomic E-state index is 13.6. The Morgan fingerprint density at radius 3 is 2.15 bits per heavy atom. The standard InChI is InChI=1S/C40H49N3O9/c1-40(2,3)52-39(47)51-32-19-12-27(13-20-32)24-34(42-36(44)23-16-30-25-33(48-4)21-22-35(30)49-5)38(46)41-31-17-14-29(15-18-31)37(45)43-50-26-28-10-8-6-7-9-11-28/h12-23,25,28,34H,6-11,24,26H2,1-5H3,(H,41,46)(H,42,44)(H,43,45)/b23-16+/t34-/m0/s1. The molecule has 0 aliphatic heterocycles. The minimum atomic E-state index is -1.01. The lowest BCUT2D eigenvalue weighted by Crippen LogP contribution is -2.44. The highest BCUT2D eigenvalue weighted by Crippen LogP contribution is 2.25. The first-order valence-corrected chi connectivity index (χ1v) is 17.5. The molecule has 12 nitrogen and oxygen atoms in total. The van der Waals surface area contributed by atoms with Gasteiger partial charge >= 0.3 is 6.16 Å². The summed E-state index contributed by atoms with van der Waals surface area (Å²) in [7, 11) is 3.06. The molecule has 3 aromatic rings. The van der Waals surface area contributed by atoms with Crippen molar-refractivity contribution in [2.45, 2.75) is 77.4 Å². The van der Waals surface area contributed by atoms with Crippen molar-refractivity contribution in [2.24, 2.45) is 5.92 Å². The molecule has 0 saturated heterocycles. The fourth-order valence-corrected chi connectivity index (χ4v) is 5.61. The summed E-state index contributed by atoms with van der Waals surface area (Å²) in [6, 6.07) is 17.1. The van der Waals surface area contributed by atoms with Crippen LogP contribution in [-0.2, 0) is 25.6 Å². The summed E-state index contributed by atoms with van der Waals surface area (Å²) in [5, 5.41) is 5.61. The monoisotopic (exact) mass is 715 g/mol. The third kappa shape index (κ3) is 13.1. The zero-order valence-electron chi connectivity index (χ0n) is 30.5. The Balaban J connectivity index is 1.42. The van der Waals surface area contributed by atoms with Gasteiger partial charge in [-0.3, -0.25) is 19.2 Å². The molecule has 0 unspecified atom stereocenters. The third-order valence-electron chi connectivity index (χ3n) is 8.31. The first-order valence-electron chi connectivity index (χ1n) is 17.5. The van der Waals surface area contributed by atoms with Crippen LogP contribution in [0, 0.1) is 5.92 Å². The van der Waals surface area contributed by atoms with E-state index in [4.69, 9.17) is 23.8 Å². The Bertz CT molecular complexity index is 1670. The number of ether oxygens (including phenoxy) is 4. The zero-order valence-corrected chi connectivity index (χ0v) is 30.5. The molecule has 3 N–H and O–H groups in total. The van der Waals surface area contributed by atoms with Crippen molar-refractivity contribution < 1.29 is 43.0 Å². The SMILES string of the molecule is COc1ccc(OC)c(/C=C/C(=O)N[C@@H](Cc2ccc(OC(=O)OC(C)(C)C)cc2)C(=O)Nc2ccc(C(=O)NOCC3CCCCCC3)cc2)c1. The minimum Gasteiger partial charge on any atom is -0.497 e. The number of hydrogen-bond acceptors (Lipinski definition) is 9. The van der Waals surface area contributed by atoms with Crippen LogP contribution in [0.3, 0.4) is 0 Å². The summed E-state index contributed by atoms with van der Waals surface area (Å²) < 4.78 is 21.1. The van der Waals surface area contributed by atoms with Crippen molar-refractivity contribution >= 4 is 35.6 Å². The smallest absolute Gasteiger partial charge is 0.497 e. The quantitative estimate of drug-likeness (QED) is 0.0526. The molecule has 3 aromatic carbocycles. The lowest BCUT2D eigenvalue weighted by Gasteiger charge is -2.19. The van der Waals surface area contributed by atoms with E-state index in [1.54, 1.807) is 93.6 Å². The van der Waals surface area contributed by atoms with Crippen LogP contribution in [0.5, 0.6) is 17.2 Å². The number of anilines is 1. The Hall–Kier alpha value is -5.36. The first kappa shape index (κ1) is 39.4. The van der Waals surface area contributed by atoms with Crippen LogP contribution in [0.4, 0.5) is 10.5 Å². The van der Waals surface area contributed by atoms with Crippen molar-refractivity contribution in [1.82, 2.24) is 10.8 Å². The van der Waals surface area contributed by atoms with Crippen molar-refractivity contribution in [3.63, 3.8) is 0 Å². The van der Waals surface area contributed by atoms with Crippen LogP contribution in [0.15, 0.2) is 72.8 Å². The van der Waals surface area contributed by atoms with Gasteiger partial charge in [0.2, 0.25) is 11.8 Å². The van der Waals surface area contributed by atoms with Crippen LogP contribution < -0.4 is 30.3 Å². The summed E-state index contributed by atoms with van der Waals surface area (Å²) in [5.41, 5.74) is 3.91. The second kappa shape index (κ2) is 19.3. The summed E-state index contributed by atoms with van der Waals surface area (Å²) in [6.07, 6.45) is 9.22. The summed E-state index contributed by atoms with van der Waals surface area (Å²) >= 11 is 0. The Morgan fingerprint density at radius 2 is 1.52 bits per heavy atom. The van der Waals surface area contributed by atoms with E-state index in [2.05, 4.69) is 16.1 Å². The number of rotatable bonds is 14. The molecule has 3 amide bonds. The second-order valence-corrected chi connectivity index (χ2v) is 13.6. The number of carbonyl (C=O) groups is 4. The Kier molecular flexibility index (Phi) is 14.6. The van der Waals surface area contributed by atoms with Crippen LogP contribution in [-0.4, -0.2) is 56.3 Å². The normalized spacial score (nSPS) is 14.1. The van der Waals surface area contributed by atoms with E-state index in [9.17, 15) is 19.2 Å². The maximum absolute atomic E-state index is 13.6. The molecule has 4 rings (SSSR count). The highest BCUT2D eigenvalue weighted by molar-refractivity contribution is 6.01. The zero-order chi connectivity index (χ0) is 37.5. The molecule has 278 valence electrons. The van der Waals surface area contributed by atoms with E-state index in [-0.39, 0.29) is 18.1 Å². The molecule has 12 heteroatoms. The predicted molar refractivity (Wildman–Crippen MR) is 197 cm³/mol. The Labute approximate surface area is 305 Å². The molecule has 1 fully saturated rings. The Morgan fingerprint density at radius 1 is 0.846 bits per heavy atom. The summed E-state index contributed by atoms with van der Waals surface area (Å²) in [5.74, 6) is 0.438. The molecular weight excluding hydrogens is 666 g/mol. The maximum Gasteiger partial charge on any atom is 0.514 e. The van der Waals surface area contributed by atoms with Crippen LogP contribution in [0.1, 0.15) is 80.8 Å². The van der Waals surface area contributed by atoms with Crippen molar-refractivity contribution in [3.05, 3.63) is 89.5 Å². The highest BCUT2D eigenvalue weighted by atomic mass is 16.7. The van der Waals surface area contributed by atoms with Crippen molar-refractivity contribution in [1.29, 1.82) is 0 Å². The lowest BCUT2D eigenvalue weighted by atomic mass is 10.0. The molecule has 0 radical (unpaired) electrons. The van der Waals surface area contributed by atoms with E-state index in [1.165, 1.54) is 46.0 Å². The van der Waals surface area contributed by atoms with E-state index in [0.29, 0.717) is 46.4 Å². The van der Waals surface area contributed by atoms with Gasteiger partial charge in [0.15, 0.2) is 0 Å². The average Bonchev–Trinajstić information content (AvgIpc) is 3.39. The number of nitrogens with one attached hydrogen (secondary N) is 3. The number of carbonyl (C=O) groups excluding carboxylic acids is 4. The number of methoxy groups -OCH3 is 2. The van der Waals surface area contributed by atoms with Gasteiger partial charge < -0.3 is 29.6 Å². The van der Waals surface area contributed by atoms with E-state index in [1.807, 2.05) is 0 Å². The first-order chi connectivity index (χ1) is 24.9. The molecule has 0 spiro atoms. The number of hydroxylamine groups is 1. The van der Waals surface area contributed by atoms with Gasteiger partial charge in [0.25, 0.3) is 5.91 Å². The van der Waals surface area contributed by atoms with E-state index in [0.717, 1.165) is 12.8 Å². The summed E-state index contributed by atoms with van der Waals surface area (Å²) in [6.45, 7) is 5.69. The molecule has 0 bridgehead atoms. The van der Waals surface area contributed by atoms with Gasteiger partial charge in [-0.2, -0.15) is 0 Å². The lowest BCUT2D eigenvalue weighted by molar-refractivity contribution is -0.123. The average molecular weight is 716 g/mol. The predicted octanol–water partition coefficient (Wildman–Crippen LogP) is 7.03. The second-order valence-electron chi connectivity index (χ2n) is 13.6. The molecule has 1 aliphatic carbocycles. The summed E-state index contributed by atoms with van der Waals surface area (Å²) in [4.78, 5) is 57.1. The van der Waals surface area contributed by atoms with Gasteiger partial charge in [-0.25, -0.2) is 10.3 Å². The van der Waals surface area contributed by atoms with Gasteiger partial charge in [-0.15, -0.1) is 0 Å². The molecule has 1 aliphatic rings. The van der Waals surface area contributed by atoms with Gasteiger partial charge in [-0.1, -0.05) is 37.8 Å². The number of hydrogen-bond donors (Lipinski definition) is 3. The number of benzene rings is 3. The molecule has 1 atom stereocenters. The van der Waals surface area contributed by atoms with Crippen LogP contribution >= 0.6 is 0 Å².